The summed E-state index contributed by atoms with van der Waals surface area (Å²) in [7, 11) is 5.92. The third-order valence-corrected chi connectivity index (χ3v) is 3.39. The lowest BCUT2D eigenvalue weighted by Gasteiger charge is -2.40. The average molecular weight is 212 g/mol. The Hall–Kier alpha value is -1.52. The first-order chi connectivity index (χ1) is 7.68. The molecule has 0 unspecified atom stereocenters. The number of rotatable bonds is 1. The van der Waals surface area contributed by atoms with Gasteiger partial charge >= 0.3 is 0 Å². The van der Waals surface area contributed by atoms with Crippen LogP contribution in [0.5, 0.6) is 0 Å². The van der Waals surface area contributed by atoms with Gasteiger partial charge in [0.05, 0.1) is 0 Å². The van der Waals surface area contributed by atoms with E-state index in [1.54, 1.807) is 6.20 Å². The van der Waals surface area contributed by atoms with Gasteiger partial charge in [-0.05, 0) is 20.3 Å². The molecule has 2 aromatic rings. The van der Waals surface area contributed by atoms with Gasteiger partial charge in [0.2, 0.25) is 0 Å². The molecule has 0 aromatic carbocycles. The molecule has 2 radical (unpaired) electrons. The Kier molecular flexibility index (Phi) is 1.96. The number of anilines is 1. The summed E-state index contributed by atoms with van der Waals surface area (Å²) in [5.74, 6) is 0.909. The Morgan fingerprint density at radius 1 is 1.50 bits per heavy atom. The quantitative estimate of drug-likeness (QED) is 0.642. The molecule has 1 fully saturated rings. The molecule has 1 aliphatic heterocycles. The molecule has 1 aliphatic rings. The van der Waals surface area contributed by atoms with Crippen molar-refractivity contribution in [3.63, 3.8) is 0 Å². The van der Waals surface area contributed by atoms with Crippen molar-refractivity contribution in [2.24, 2.45) is 0 Å². The van der Waals surface area contributed by atoms with Crippen molar-refractivity contribution in [2.45, 2.75) is 26.3 Å². The zero-order valence-corrected chi connectivity index (χ0v) is 9.51. The van der Waals surface area contributed by atoms with E-state index in [0.29, 0.717) is 11.6 Å². The van der Waals surface area contributed by atoms with Crippen LogP contribution in [0.2, 0.25) is 0 Å². The minimum Gasteiger partial charge on any atom is -0.351 e. The highest BCUT2D eigenvalue weighted by molar-refractivity contribution is 6.31. The number of aryl methyl sites for hydroxylation is 1. The van der Waals surface area contributed by atoms with Crippen LogP contribution in [0.4, 0.5) is 5.82 Å². The van der Waals surface area contributed by atoms with E-state index in [-0.39, 0.29) is 0 Å². The summed E-state index contributed by atoms with van der Waals surface area (Å²) in [6, 6.07) is 0.537. The lowest BCUT2D eigenvalue weighted by atomic mass is 10.0. The molecule has 0 bridgehead atoms. The van der Waals surface area contributed by atoms with Gasteiger partial charge in [0.1, 0.15) is 7.85 Å². The number of fused-ring (bicyclic) bond motifs is 1. The van der Waals surface area contributed by atoms with E-state index < -0.39 is 0 Å². The van der Waals surface area contributed by atoms with E-state index in [4.69, 9.17) is 7.85 Å². The zero-order chi connectivity index (χ0) is 11.3. The average Bonchev–Trinajstić information content (AvgIpc) is 2.72. The van der Waals surface area contributed by atoms with Crippen molar-refractivity contribution in [1.82, 2.24) is 14.4 Å². The van der Waals surface area contributed by atoms with Crippen LogP contribution < -0.4 is 10.5 Å². The monoisotopic (exact) mass is 212 g/mol. The van der Waals surface area contributed by atoms with Crippen molar-refractivity contribution in [3.05, 3.63) is 18.1 Å². The fourth-order valence-electron chi connectivity index (χ4n) is 2.13. The van der Waals surface area contributed by atoms with Crippen LogP contribution in [0.3, 0.4) is 0 Å². The third kappa shape index (κ3) is 1.17. The maximum Gasteiger partial charge on any atom is 0.180 e. The van der Waals surface area contributed by atoms with Crippen LogP contribution >= 0.6 is 0 Å². The van der Waals surface area contributed by atoms with E-state index in [9.17, 15) is 0 Å². The predicted octanol–water partition coefficient (Wildman–Crippen LogP) is 0.430. The molecular weight excluding hydrogens is 199 g/mol. The van der Waals surface area contributed by atoms with Gasteiger partial charge in [-0.2, -0.15) is 0 Å². The SMILES string of the molecule is [B]c1nc(N2CC[C@@H]2C)c2nccn2c1C. The second-order valence-electron chi connectivity index (χ2n) is 4.36. The molecule has 0 amide bonds. The van der Waals surface area contributed by atoms with Gasteiger partial charge in [-0.25, -0.2) is 9.97 Å². The highest BCUT2D eigenvalue weighted by atomic mass is 15.3. The van der Waals surface area contributed by atoms with E-state index >= 15 is 0 Å². The lowest BCUT2D eigenvalue weighted by molar-refractivity contribution is 0.477. The van der Waals surface area contributed by atoms with Crippen LogP contribution in [0.1, 0.15) is 19.0 Å². The topological polar surface area (TPSA) is 33.4 Å². The second kappa shape index (κ2) is 3.24. The molecule has 3 heterocycles. The largest absolute Gasteiger partial charge is 0.351 e. The smallest absolute Gasteiger partial charge is 0.180 e. The molecular formula is C11H13BN4. The molecule has 0 saturated carbocycles. The second-order valence-corrected chi connectivity index (χ2v) is 4.36. The first kappa shape index (κ1) is 9.69. The predicted molar refractivity (Wildman–Crippen MR) is 64.5 cm³/mol. The number of imidazole rings is 1. The van der Waals surface area contributed by atoms with Gasteiger partial charge in [-0.15, -0.1) is 0 Å². The molecule has 1 saturated heterocycles. The Morgan fingerprint density at radius 3 is 2.94 bits per heavy atom. The number of nitrogens with zero attached hydrogens (tertiary/aromatic N) is 4. The van der Waals surface area contributed by atoms with Gasteiger partial charge in [-0.3, -0.25) is 0 Å². The maximum atomic E-state index is 5.92. The Balaban J connectivity index is 2.24. The van der Waals surface area contributed by atoms with E-state index in [0.717, 1.165) is 23.7 Å². The van der Waals surface area contributed by atoms with Crippen LogP contribution in [0.15, 0.2) is 12.4 Å². The van der Waals surface area contributed by atoms with E-state index in [1.807, 2.05) is 17.5 Å². The molecule has 80 valence electrons. The summed E-state index contributed by atoms with van der Waals surface area (Å²) in [4.78, 5) is 11.1. The Bertz CT molecular complexity index is 548. The summed E-state index contributed by atoms with van der Waals surface area (Å²) in [5.41, 5.74) is 2.43. The highest BCUT2D eigenvalue weighted by Crippen LogP contribution is 2.26. The Morgan fingerprint density at radius 2 is 2.31 bits per heavy atom. The van der Waals surface area contributed by atoms with Crippen molar-refractivity contribution < 1.29 is 0 Å². The van der Waals surface area contributed by atoms with Gasteiger partial charge in [0, 0.05) is 36.3 Å². The lowest BCUT2D eigenvalue weighted by Crippen LogP contribution is -2.47. The Labute approximate surface area is 95.7 Å². The van der Waals surface area contributed by atoms with Crippen LogP contribution in [0.25, 0.3) is 5.65 Å². The maximum absolute atomic E-state index is 5.92. The van der Waals surface area contributed by atoms with Gasteiger partial charge < -0.3 is 9.30 Å². The molecule has 2 aromatic heterocycles. The van der Waals surface area contributed by atoms with E-state index in [1.165, 1.54) is 6.42 Å². The van der Waals surface area contributed by atoms with Crippen molar-refractivity contribution in [2.75, 3.05) is 11.4 Å². The van der Waals surface area contributed by atoms with Crippen molar-refractivity contribution >= 4 is 24.9 Å². The first-order valence-corrected chi connectivity index (χ1v) is 5.54. The molecule has 1 atom stereocenters. The molecule has 16 heavy (non-hydrogen) atoms. The first-order valence-electron chi connectivity index (χ1n) is 5.54. The third-order valence-electron chi connectivity index (χ3n) is 3.39. The van der Waals surface area contributed by atoms with Crippen LogP contribution in [-0.2, 0) is 0 Å². The summed E-state index contributed by atoms with van der Waals surface area (Å²) in [6.07, 6.45) is 4.93. The zero-order valence-electron chi connectivity index (χ0n) is 9.51. The molecule has 0 spiro atoms. The van der Waals surface area contributed by atoms with Crippen LogP contribution in [0, 0.1) is 6.92 Å². The molecule has 4 nitrogen and oxygen atoms in total. The molecule has 0 N–H and O–H groups in total. The van der Waals surface area contributed by atoms with Crippen molar-refractivity contribution in [1.29, 1.82) is 0 Å². The minimum absolute atomic E-state index is 0.537. The molecule has 0 aliphatic carbocycles. The summed E-state index contributed by atoms with van der Waals surface area (Å²) < 4.78 is 2.00. The minimum atomic E-state index is 0.537. The van der Waals surface area contributed by atoms with Crippen molar-refractivity contribution in [3.8, 4) is 0 Å². The fraction of sp³-hybridized carbons (Fsp3) is 0.455. The molecule has 5 heteroatoms. The number of hydrogen-bond acceptors (Lipinski definition) is 3. The normalized spacial score (nSPS) is 20.1. The van der Waals surface area contributed by atoms with Gasteiger partial charge in [0.15, 0.2) is 11.5 Å². The summed E-state index contributed by atoms with van der Waals surface area (Å²) in [5, 5.41) is 0. The standard InChI is InChI=1S/C11H13BN4/c1-7-3-5-15(7)11-10-13-4-6-16(10)8(2)9(12)14-11/h4,6-7H,3,5H2,1-2H3/t7-/m0/s1. The summed E-state index contributed by atoms with van der Waals surface area (Å²) >= 11 is 0. The number of hydrogen-bond donors (Lipinski definition) is 0. The number of aromatic nitrogens is 3. The van der Waals surface area contributed by atoms with Gasteiger partial charge in [-0.1, -0.05) is 0 Å². The van der Waals surface area contributed by atoms with E-state index in [2.05, 4.69) is 21.8 Å². The fourth-order valence-corrected chi connectivity index (χ4v) is 2.13. The molecule has 3 rings (SSSR count). The van der Waals surface area contributed by atoms with Gasteiger partial charge in [0.25, 0.3) is 0 Å². The summed E-state index contributed by atoms with van der Waals surface area (Å²) in [6.45, 7) is 5.19. The van der Waals surface area contributed by atoms with Crippen LogP contribution in [-0.4, -0.2) is 34.8 Å². The highest BCUT2D eigenvalue weighted by Gasteiger charge is 2.27.